The van der Waals surface area contributed by atoms with Gasteiger partial charge in [0.15, 0.2) is 10.8 Å². The van der Waals surface area contributed by atoms with Crippen LogP contribution < -0.4 is 10.5 Å². The van der Waals surface area contributed by atoms with E-state index in [9.17, 15) is 10.0 Å². The molecule has 2 heterocycles. The molecule has 0 atom stereocenters. The SMILES string of the molecule is CCOC(=O)Nc1nc2c(s1)c(N([O-])O)cn2C. The van der Waals surface area contributed by atoms with E-state index >= 15 is 0 Å². The Labute approximate surface area is 106 Å². The summed E-state index contributed by atoms with van der Waals surface area (Å²) < 4.78 is 6.78. The molecular formula is C9H11N4O4S-. The fraction of sp³-hybridized carbons (Fsp3) is 0.333. The van der Waals surface area contributed by atoms with Crippen LogP contribution in [-0.4, -0.2) is 27.5 Å². The number of carbonyl (C=O) groups is 1. The van der Waals surface area contributed by atoms with Gasteiger partial charge in [-0.25, -0.2) is 9.78 Å². The molecule has 2 N–H and O–H groups in total. The average molecular weight is 271 g/mol. The van der Waals surface area contributed by atoms with Crippen molar-refractivity contribution in [1.29, 1.82) is 0 Å². The Balaban J connectivity index is 2.32. The number of nitrogens with one attached hydrogen (secondary N) is 1. The Bertz CT molecular complexity index is 576. The van der Waals surface area contributed by atoms with E-state index in [1.807, 2.05) is 0 Å². The van der Waals surface area contributed by atoms with Crippen LogP contribution in [0.2, 0.25) is 0 Å². The highest BCUT2D eigenvalue weighted by Gasteiger charge is 2.15. The molecule has 2 aromatic rings. The number of nitrogens with zero attached hydrogens (tertiary/aromatic N) is 3. The largest absolute Gasteiger partial charge is 0.733 e. The fourth-order valence-electron chi connectivity index (χ4n) is 1.47. The molecule has 2 aromatic heterocycles. The number of rotatable bonds is 3. The van der Waals surface area contributed by atoms with Gasteiger partial charge in [-0.1, -0.05) is 11.3 Å². The molecule has 18 heavy (non-hydrogen) atoms. The number of hydrogen-bond donors (Lipinski definition) is 2. The minimum Gasteiger partial charge on any atom is -0.733 e. The number of thiazole rings is 1. The molecule has 0 aliphatic carbocycles. The minimum absolute atomic E-state index is 0.0851. The molecule has 0 fully saturated rings. The lowest BCUT2D eigenvalue weighted by Gasteiger charge is -2.19. The molecule has 0 unspecified atom stereocenters. The van der Waals surface area contributed by atoms with Crippen LogP contribution in [0.25, 0.3) is 10.3 Å². The Kier molecular flexibility index (Phi) is 3.36. The molecule has 9 heteroatoms. The Morgan fingerprint density at radius 1 is 1.78 bits per heavy atom. The lowest BCUT2D eigenvalue weighted by atomic mass is 10.5. The summed E-state index contributed by atoms with van der Waals surface area (Å²) >= 11 is 1.08. The number of hydrogen-bond acceptors (Lipinski definition) is 7. The summed E-state index contributed by atoms with van der Waals surface area (Å²) in [6, 6.07) is 0. The van der Waals surface area contributed by atoms with Crippen molar-refractivity contribution >= 4 is 38.6 Å². The summed E-state index contributed by atoms with van der Waals surface area (Å²) in [5.74, 6) is 0. The predicted molar refractivity (Wildman–Crippen MR) is 66.9 cm³/mol. The second kappa shape index (κ2) is 4.80. The van der Waals surface area contributed by atoms with Crippen LogP contribution in [0.5, 0.6) is 0 Å². The zero-order valence-corrected chi connectivity index (χ0v) is 10.5. The number of fused-ring (bicyclic) bond motifs is 1. The van der Waals surface area contributed by atoms with Crippen molar-refractivity contribution in [3.63, 3.8) is 0 Å². The number of anilines is 2. The topological polar surface area (TPSA) is 103 Å². The highest BCUT2D eigenvalue weighted by Crippen LogP contribution is 2.34. The summed E-state index contributed by atoms with van der Waals surface area (Å²) in [5, 5.41) is 22.4. The van der Waals surface area contributed by atoms with Gasteiger partial charge in [-0.05, 0) is 6.92 Å². The standard InChI is InChI=1S/C9H11N4O4S/c1-3-17-9(14)11-8-10-7-6(18-8)5(13(15)16)4-12(7)2/h4,15H,3H2,1-2H3,(H,10,11,14)/q-1. The summed E-state index contributed by atoms with van der Waals surface area (Å²) in [5.41, 5.74) is 0.582. The molecule has 0 radical (unpaired) electrons. The van der Waals surface area contributed by atoms with Gasteiger partial charge in [-0.2, -0.15) is 0 Å². The first-order valence-electron chi connectivity index (χ1n) is 5.08. The normalized spacial score (nSPS) is 10.7. The molecule has 1 amide bonds. The molecule has 0 saturated heterocycles. The summed E-state index contributed by atoms with van der Waals surface area (Å²) in [4.78, 5) is 15.4. The molecule has 98 valence electrons. The first-order chi connectivity index (χ1) is 8.52. The van der Waals surface area contributed by atoms with Crippen LogP contribution in [0, 0.1) is 5.21 Å². The minimum atomic E-state index is -0.610. The third kappa shape index (κ3) is 2.23. The van der Waals surface area contributed by atoms with Crippen molar-refractivity contribution in [3.8, 4) is 0 Å². The highest BCUT2D eigenvalue weighted by molar-refractivity contribution is 7.23. The van der Waals surface area contributed by atoms with Crippen molar-refractivity contribution in [2.75, 3.05) is 17.2 Å². The summed E-state index contributed by atoms with van der Waals surface area (Å²) in [6.07, 6.45) is 0.844. The predicted octanol–water partition coefficient (Wildman–Crippen LogP) is 1.90. The molecule has 0 saturated carbocycles. The number of aryl methyl sites for hydroxylation is 1. The highest BCUT2D eigenvalue weighted by atomic mass is 32.1. The second-order valence-electron chi connectivity index (χ2n) is 3.42. The number of amides is 1. The Morgan fingerprint density at radius 2 is 2.50 bits per heavy atom. The van der Waals surface area contributed by atoms with Crippen molar-refractivity contribution in [3.05, 3.63) is 11.4 Å². The van der Waals surface area contributed by atoms with Crippen molar-refractivity contribution in [1.82, 2.24) is 9.55 Å². The fourth-order valence-corrected chi connectivity index (χ4v) is 2.44. The molecule has 8 nitrogen and oxygen atoms in total. The third-order valence-electron chi connectivity index (χ3n) is 2.18. The Hall–Kier alpha value is -1.84. The zero-order chi connectivity index (χ0) is 13.3. The maximum Gasteiger partial charge on any atom is 0.413 e. The van der Waals surface area contributed by atoms with E-state index in [1.165, 1.54) is 6.20 Å². The van der Waals surface area contributed by atoms with E-state index in [4.69, 9.17) is 9.94 Å². The van der Waals surface area contributed by atoms with Gasteiger partial charge in [0.25, 0.3) is 0 Å². The third-order valence-corrected chi connectivity index (χ3v) is 3.16. The van der Waals surface area contributed by atoms with E-state index in [-0.39, 0.29) is 17.5 Å². The van der Waals surface area contributed by atoms with Crippen LogP contribution >= 0.6 is 11.3 Å². The second-order valence-corrected chi connectivity index (χ2v) is 4.41. The molecule has 2 rings (SSSR count). The smallest absolute Gasteiger partial charge is 0.413 e. The van der Waals surface area contributed by atoms with Gasteiger partial charge in [0.1, 0.15) is 0 Å². The molecule has 0 aromatic carbocycles. The van der Waals surface area contributed by atoms with E-state index in [2.05, 4.69) is 10.3 Å². The van der Waals surface area contributed by atoms with Gasteiger partial charge in [0.05, 0.1) is 17.0 Å². The monoisotopic (exact) mass is 271 g/mol. The van der Waals surface area contributed by atoms with E-state index in [1.54, 1.807) is 18.5 Å². The van der Waals surface area contributed by atoms with Gasteiger partial charge in [0.2, 0.25) is 0 Å². The average Bonchev–Trinajstić information content (AvgIpc) is 2.79. The number of aromatic nitrogens is 2. The molecule has 0 bridgehead atoms. The lowest BCUT2D eigenvalue weighted by molar-refractivity contribution is 0.168. The van der Waals surface area contributed by atoms with Crippen LogP contribution in [0.4, 0.5) is 15.6 Å². The van der Waals surface area contributed by atoms with Crippen molar-refractivity contribution in [2.45, 2.75) is 6.92 Å². The van der Waals surface area contributed by atoms with Crippen molar-refractivity contribution in [2.24, 2.45) is 7.05 Å². The quantitative estimate of drug-likeness (QED) is 0.826. The van der Waals surface area contributed by atoms with Crippen LogP contribution in [0.3, 0.4) is 0 Å². The van der Waals surface area contributed by atoms with Gasteiger partial charge >= 0.3 is 6.09 Å². The Morgan fingerprint density at radius 3 is 3.11 bits per heavy atom. The maximum atomic E-state index is 11.2. The van der Waals surface area contributed by atoms with E-state index in [0.717, 1.165) is 11.3 Å². The first-order valence-corrected chi connectivity index (χ1v) is 5.90. The van der Waals surface area contributed by atoms with Gasteiger partial charge < -0.3 is 19.7 Å². The molecule has 0 spiro atoms. The molecular weight excluding hydrogens is 260 g/mol. The zero-order valence-electron chi connectivity index (χ0n) is 9.71. The number of ether oxygens (including phenoxy) is 1. The van der Waals surface area contributed by atoms with E-state index in [0.29, 0.717) is 15.5 Å². The first kappa shape index (κ1) is 12.6. The molecule has 0 aliphatic rings. The lowest BCUT2D eigenvalue weighted by Crippen LogP contribution is -2.13. The van der Waals surface area contributed by atoms with Crippen molar-refractivity contribution < 1.29 is 14.7 Å². The van der Waals surface area contributed by atoms with Gasteiger partial charge in [-0.15, -0.1) is 0 Å². The van der Waals surface area contributed by atoms with Gasteiger partial charge in [0, 0.05) is 13.2 Å². The summed E-state index contributed by atoms with van der Waals surface area (Å²) in [6.45, 7) is 1.95. The van der Waals surface area contributed by atoms with Crippen LogP contribution in [0.1, 0.15) is 6.92 Å². The van der Waals surface area contributed by atoms with Crippen LogP contribution in [-0.2, 0) is 11.8 Å². The molecule has 0 aliphatic heterocycles. The number of carbonyl (C=O) groups excluding carboxylic acids is 1. The van der Waals surface area contributed by atoms with Crippen LogP contribution in [0.15, 0.2) is 6.20 Å². The van der Waals surface area contributed by atoms with Gasteiger partial charge in [-0.3, -0.25) is 10.5 Å². The summed E-state index contributed by atoms with van der Waals surface area (Å²) in [7, 11) is 1.68. The maximum absolute atomic E-state index is 11.2. The van der Waals surface area contributed by atoms with E-state index < -0.39 is 6.09 Å².